The number of thiophene rings is 1. The Balaban J connectivity index is 1.44. The molecule has 0 bridgehead atoms. The van der Waals surface area contributed by atoms with E-state index in [0.717, 1.165) is 30.0 Å². The Kier molecular flexibility index (Phi) is 7.64. The quantitative estimate of drug-likeness (QED) is 0.352. The number of carbonyl (C=O) groups is 1. The lowest BCUT2D eigenvalue weighted by Crippen LogP contribution is -2.24. The number of hydrazone groups is 1. The summed E-state index contributed by atoms with van der Waals surface area (Å²) in [5, 5.41) is 5.93. The highest BCUT2D eigenvalue weighted by atomic mass is 32.2. The Labute approximate surface area is 204 Å². The molecule has 9 heteroatoms. The number of hydrogen-bond donors (Lipinski definition) is 2. The van der Waals surface area contributed by atoms with Crippen LogP contribution >= 0.6 is 11.3 Å². The van der Waals surface area contributed by atoms with E-state index in [9.17, 15) is 13.2 Å². The number of nitrogens with one attached hydrogen (secondary N) is 2. The molecule has 4 rings (SSSR count). The van der Waals surface area contributed by atoms with Crippen LogP contribution in [0.3, 0.4) is 0 Å². The van der Waals surface area contributed by atoms with Gasteiger partial charge in [-0.25, -0.2) is 13.8 Å². The topological polar surface area (TPSA) is 90.9 Å². The van der Waals surface area contributed by atoms with Gasteiger partial charge >= 0.3 is 0 Å². The van der Waals surface area contributed by atoms with Crippen LogP contribution in [-0.2, 0) is 10.0 Å². The summed E-state index contributed by atoms with van der Waals surface area (Å²) in [5.41, 5.74) is 5.71. The standard InChI is InChI=1S/C25H28N4O3S2/c1-19(20-12-14-21(15-13-20)29-16-6-2-3-7-17-29)26-27-25(30)22-9-4-5-10-23(22)28-34(31,32)24-11-8-18-33-24/h4-5,8-15,18,28H,2-3,6-7,16-17H2,1H3,(H,27,30). The minimum atomic E-state index is -3.77. The highest BCUT2D eigenvalue weighted by Crippen LogP contribution is 2.23. The minimum Gasteiger partial charge on any atom is -0.372 e. The van der Waals surface area contributed by atoms with E-state index in [2.05, 4.69) is 32.3 Å². The Morgan fingerprint density at radius 3 is 2.32 bits per heavy atom. The SMILES string of the molecule is CC(=NNC(=O)c1ccccc1NS(=O)(=O)c1cccs1)c1ccc(N2CCCCCC2)cc1. The first-order valence-corrected chi connectivity index (χ1v) is 13.7. The minimum absolute atomic E-state index is 0.181. The highest BCUT2D eigenvalue weighted by molar-refractivity contribution is 7.94. The summed E-state index contributed by atoms with van der Waals surface area (Å²) in [5.74, 6) is -0.495. The molecule has 7 nitrogen and oxygen atoms in total. The van der Waals surface area contributed by atoms with E-state index in [1.165, 1.54) is 37.4 Å². The zero-order chi connectivity index (χ0) is 24.0. The number of benzene rings is 2. The summed E-state index contributed by atoms with van der Waals surface area (Å²) in [6.07, 6.45) is 5.02. The molecule has 1 aliphatic rings. The number of nitrogens with zero attached hydrogens (tertiary/aromatic N) is 2. The zero-order valence-electron chi connectivity index (χ0n) is 19.0. The summed E-state index contributed by atoms with van der Waals surface area (Å²) >= 11 is 1.11. The molecule has 0 aliphatic carbocycles. The predicted octanol–water partition coefficient (Wildman–Crippen LogP) is 5.08. The van der Waals surface area contributed by atoms with Gasteiger partial charge in [-0.05, 0) is 61.0 Å². The number of anilines is 2. The van der Waals surface area contributed by atoms with Crippen LogP contribution in [0.15, 0.2) is 75.4 Å². The van der Waals surface area contributed by atoms with Gasteiger partial charge in [0.25, 0.3) is 15.9 Å². The number of amides is 1. The second-order valence-electron chi connectivity index (χ2n) is 8.17. The Bertz CT molecular complexity index is 1250. The first kappa shape index (κ1) is 24.0. The largest absolute Gasteiger partial charge is 0.372 e. The molecule has 0 unspecified atom stereocenters. The third-order valence-corrected chi connectivity index (χ3v) is 8.52. The molecular weight excluding hydrogens is 468 g/mol. The Hall–Kier alpha value is -3.17. The van der Waals surface area contributed by atoms with Gasteiger partial charge in [-0.15, -0.1) is 11.3 Å². The number of hydrogen-bond acceptors (Lipinski definition) is 6. The average Bonchev–Trinajstić information content (AvgIpc) is 3.27. The van der Waals surface area contributed by atoms with Gasteiger partial charge in [-0.1, -0.05) is 43.2 Å². The molecule has 1 amide bonds. The van der Waals surface area contributed by atoms with E-state index < -0.39 is 15.9 Å². The van der Waals surface area contributed by atoms with Crippen molar-refractivity contribution in [3.05, 3.63) is 77.2 Å². The van der Waals surface area contributed by atoms with Crippen molar-refractivity contribution in [1.82, 2.24) is 5.43 Å². The van der Waals surface area contributed by atoms with Crippen molar-refractivity contribution in [2.75, 3.05) is 22.7 Å². The molecule has 0 radical (unpaired) electrons. The van der Waals surface area contributed by atoms with Crippen molar-refractivity contribution in [3.8, 4) is 0 Å². The van der Waals surface area contributed by atoms with Gasteiger partial charge in [0.2, 0.25) is 0 Å². The fourth-order valence-electron chi connectivity index (χ4n) is 3.88. The van der Waals surface area contributed by atoms with Crippen molar-refractivity contribution in [3.63, 3.8) is 0 Å². The molecule has 34 heavy (non-hydrogen) atoms. The van der Waals surface area contributed by atoms with E-state index in [1.807, 2.05) is 19.1 Å². The first-order chi connectivity index (χ1) is 16.4. The highest BCUT2D eigenvalue weighted by Gasteiger charge is 2.19. The molecule has 2 heterocycles. The van der Waals surface area contributed by atoms with Crippen molar-refractivity contribution < 1.29 is 13.2 Å². The molecule has 0 atom stereocenters. The fourth-order valence-corrected chi connectivity index (χ4v) is 5.96. The van der Waals surface area contributed by atoms with Crippen LogP contribution < -0.4 is 15.0 Å². The molecule has 178 valence electrons. The molecule has 2 N–H and O–H groups in total. The van der Waals surface area contributed by atoms with E-state index in [4.69, 9.17) is 0 Å². The lowest BCUT2D eigenvalue weighted by Gasteiger charge is -2.22. The van der Waals surface area contributed by atoms with Gasteiger partial charge in [-0.2, -0.15) is 5.10 Å². The maximum absolute atomic E-state index is 12.8. The average molecular weight is 497 g/mol. The first-order valence-electron chi connectivity index (χ1n) is 11.3. The number of sulfonamides is 1. The van der Waals surface area contributed by atoms with Crippen LogP contribution in [0.4, 0.5) is 11.4 Å². The van der Waals surface area contributed by atoms with Crippen LogP contribution in [0, 0.1) is 0 Å². The second kappa shape index (κ2) is 10.8. The molecule has 1 saturated heterocycles. The molecule has 3 aromatic rings. The summed E-state index contributed by atoms with van der Waals surface area (Å²) in [6, 6.07) is 17.8. The number of carbonyl (C=O) groups excluding carboxylic acids is 1. The molecular formula is C25H28N4O3S2. The lowest BCUT2D eigenvalue weighted by molar-refractivity contribution is 0.0955. The van der Waals surface area contributed by atoms with Crippen LogP contribution in [0.5, 0.6) is 0 Å². The van der Waals surface area contributed by atoms with Crippen LogP contribution in [-0.4, -0.2) is 33.1 Å². The van der Waals surface area contributed by atoms with E-state index in [1.54, 1.807) is 35.7 Å². The maximum Gasteiger partial charge on any atom is 0.273 e. The van der Waals surface area contributed by atoms with Gasteiger partial charge in [0.1, 0.15) is 4.21 Å². The third kappa shape index (κ3) is 5.84. The molecule has 0 saturated carbocycles. The lowest BCUT2D eigenvalue weighted by atomic mass is 10.1. The zero-order valence-corrected chi connectivity index (χ0v) is 20.7. The van der Waals surface area contributed by atoms with E-state index in [0.29, 0.717) is 5.71 Å². The normalized spacial score (nSPS) is 15.0. The molecule has 1 aromatic heterocycles. The number of para-hydroxylation sites is 1. The molecule has 1 aliphatic heterocycles. The van der Waals surface area contributed by atoms with Crippen molar-refractivity contribution in [2.24, 2.45) is 5.10 Å². The van der Waals surface area contributed by atoms with Crippen molar-refractivity contribution in [1.29, 1.82) is 0 Å². The van der Waals surface area contributed by atoms with Crippen LogP contribution in [0.2, 0.25) is 0 Å². The molecule has 1 fully saturated rings. The second-order valence-corrected chi connectivity index (χ2v) is 11.0. The van der Waals surface area contributed by atoms with Crippen LogP contribution in [0.1, 0.15) is 48.5 Å². The summed E-state index contributed by atoms with van der Waals surface area (Å²) in [6.45, 7) is 3.99. The summed E-state index contributed by atoms with van der Waals surface area (Å²) < 4.78 is 27.9. The van der Waals surface area contributed by atoms with E-state index in [-0.39, 0.29) is 15.5 Å². The summed E-state index contributed by atoms with van der Waals surface area (Å²) in [7, 11) is -3.77. The predicted molar refractivity (Wildman–Crippen MR) is 138 cm³/mol. The van der Waals surface area contributed by atoms with Crippen LogP contribution in [0.25, 0.3) is 0 Å². The molecule has 2 aromatic carbocycles. The van der Waals surface area contributed by atoms with Gasteiger partial charge in [0, 0.05) is 18.8 Å². The van der Waals surface area contributed by atoms with Gasteiger partial charge < -0.3 is 4.90 Å². The third-order valence-electron chi connectivity index (χ3n) is 5.76. The van der Waals surface area contributed by atoms with Gasteiger partial charge in [0.15, 0.2) is 0 Å². The Morgan fingerprint density at radius 1 is 0.941 bits per heavy atom. The fraction of sp³-hybridized carbons (Fsp3) is 0.280. The van der Waals surface area contributed by atoms with Crippen molar-refractivity contribution in [2.45, 2.75) is 36.8 Å². The van der Waals surface area contributed by atoms with Gasteiger partial charge in [-0.3, -0.25) is 9.52 Å². The summed E-state index contributed by atoms with van der Waals surface area (Å²) in [4.78, 5) is 15.2. The van der Waals surface area contributed by atoms with E-state index >= 15 is 0 Å². The van der Waals surface area contributed by atoms with Gasteiger partial charge in [0.05, 0.1) is 17.0 Å². The van der Waals surface area contributed by atoms with Crippen molar-refractivity contribution >= 4 is 44.4 Å². The Morgan fingerprint density at radius 2 is 1.65 bits per heavy atom. The monoisotopic (exact) mass is 496 g/mol. The molecule has 0 spiro atoms. The maximum atomic E-state index is 12.8. The number of rotatable bonds is 7. The smallest absolute Gasteiger partial charge is 0.273 e.